The minimum absolute atomic E-state index is 0.00555. The van der Waals surface area contributed by atoms with E-state index < -0.39 is 0 Å². The molecule has 0 aliphatic carbocycles. The van der Waals surface area contributed by atoms with Crippen molar-refractivity contribution in [1.82, 2.24) is 15.1 Å². The highest BCUT2D eigenvalue weighted by atomic mass is 19.1. The van der Waals surface area contributed by atoms with Gasteiger partial charge in [0.05, 0.1) is 13.1 Å². The largest absolute Gasteiger partial charge is 0.353 e. The van der Waals surface area contributed by atoms with Gasteiger partial charge in [-0.2, -0.15) is 0 Å². The van der Waals surface area contributed by atoms with E-state index in [0.717, 1.165) is 31.4 Å². The Morgan fingerprint density at radius 3 is 3.00 bits per heavy atom. The number of nitrogens with one attached hydrogen (secondary N) is 1. The fourth-order valence-electron chi connectivity index (χ4n) is 3.40. The highest BCUT2D eigenvalue weighted by molar-refractivity contribution is 5.86. The molecule has 5 nitrogen and oxygen atoms in total. The van der Waals surface area contributed by atoms with E-state index >= 15 is 0 Å². The number of nitrogens with zero attached hydrogens (tertiary/aromatic N) is 2. The van der Waals surface area contributed by atoms with Crippen LogP contribution in [0.1, 0.15) is 18.4 Å². The third kappa shape index (κ3) is 4.07. The fourth-order valence-corrected chi connectivity index (χ4v) is 3.40. The Hall–Kier alpha value is -1.95. The molecule has 2 fully saturated rings. The third-order valence-electron chi connectivity index (χ3n) is 4.59. The fraction of sp³-hybridized carbons (Fsp3) is 0.529. The molecule has 1 aromatic rings. The Kier molecular flexibility index (Phi) is 4.91. The zero-order valence-electron chi connectivity index (χ0n) is 13.1. The average molecular weight is 319 g/mol. The Labute approximate surface area is 135 Å². The summed E-state index contributed by atoms with van der Waals surface area (Å²) in [5.74, 6) is -0.309. The van der Waals surface area contributed by atoms with Crippen LogP contribution in [0.4, 0.5) is 4.39 Å². The van der Waals surface area contributed by atoms with Crippen molar-refractivity contribution in [3.05, 3.63) is 35.6 Å². The van der Waals surface area contributed by atoms with Crippen LogP contribution < -0.4 is 5.32 Å². The van der Waals surface area contributed by atoms with Crippen LogP contribution in [0.5, 0.6) is 0 Å². The lowest BCUT2D eigenvalue weighted by Gasteiger charge is -2.30. The molecule has 0 spiro atoms. The smallest absolute Gasteiger partial charge is 0.239 e. The van der Waals surface area contributed by atoms with E-state index in [1.54, 1.807) is 17.0 Å². The van der Waals surface area contributed by atoms with Crippen LogP contribution in [0.15, 0.2) is 24.3 Å². The van der Waals surface area contributed by atoms with Crippen molar-refractivity contribution in [2.24, 2.45) is 0 Å². The van der Waals surface area contributed by atoms with Crippen molar-refractivity contribution in [3.63, 3.8) is 0 Å². The van der Waals surface area contributed by atoms with Crippen molar-refractivity contribution >= 4 is 11.8 Å². The molecular formula is C17H22FN3O2. The molecule has 2 heterocycles. The van der Waals surface area contributed by atoms with E-state index in [1.165, 1.54) is 6.07 Å². The Morgan fingerprint density at radius 1 is 1.35 bits per heavy atom. The van der Waals surface area contributed by atoms with Crippen molar-refractivity contribution < 1.29 is 14.0 Å². The molecule has 2 saturated heterocycles. The molecule has 3 rings (SSSR count). The number of hydrogen-bond acceptors (Lipinski definition) is 3. The lowest BCUT2D eigenvalue weighted by Crippen LogP contribution is -2.52. The average Bonchev–Trinajstić information content (AvgIpc) is 2.94. The first-order valence-electron chi connectivity index (χ1n) is 8.15. The molecule has 6 heteroatoms. The maximum absolute atomic E-state index is 13.3. The Balaban J connectivity index is 1.58. The molecular weight excluding hydrogens is 297 g/mol. The monoisotopic (exact) mass is 319 g/mol. The van der Waals surface area contributed by atoms with Crippen molar-refractivity contribution in [3.8, 4) is 0 Å². The summed E-state index contributed by atoms with van der Waals surface area (Å²) in [6.45, 7) is 2.48. The van der Waals surface area contributed by atoms with E-state index in [4.69, 9.17) is 0 Å². The molecule has 0 radical (unpaired) electrons. The molecule has 0 saturated carbocycles. The second-order valence-corrected chi connectivity index (χ2v) is 6.27. The van der Waals surface area contributed by atoms with Gasteiger partial charge < -0.3 is 10.2 Å². The number of benzene rings is 1. The summed E-state index contributed by atoms with van der Waals surface area (Å²) >= 11 is 0. The number of hydrogen-bond donors (Lipinski definition) is 1. The van der Waals surface area contributed by atoms with Gasteiger partial charge in [0.1, 0.15) is 5.82 Å². The number of carbonyl (C=O) groups is 2. The second-order valence-electron chi connectivity index (χ2n) is 6.27. The van der Waals surface area contributed by atoms with Crippen LogP contribution in [0.2, 0.25) is 0 Å². The SMILES string of the molecule is O=C1CN(C(=O)CN2CCC[C@H]2Cc2cccc(F)c2)CCN1. The maximum Gasteiger partial charge on any atom is 0.239 e. The topological polar surface area (TPSA) is 52.7 Å². The van der Waals surface area contributed by atoms with Gasteiger partial charge in [0.15, 0.2) is 0 Å². The van der Waals surface area contributed by atoms with Gasteiger partial charge in [-0.3, -0.25) is 14.5 Å². The first-order valence-corrected chi connectivity index (χ1v) is 8.15. The number of halogens is 1. The predicted octanol–water partition coefficient (Wildman–Crippen LogP) is 0.791. The van der Waals surface area contributed by atoms with Gasteiger partial charge in [-0.15, -0.1) is 0 Å². The molecule has 0 unspecified atom stereocenters. The molecule has 1 N–H and O–H groups in total. The zero-order valence-corrected chi connectivity index (χ0v) is 13.1. The maximum atomic E-state index is 13.3. The van der Waals surface area contributed by atoms with Crippen molar-refractivity contribution in [2.75, 3.05) is 32.7 Å². The highest BCUT2D eigenvalue weighted by Crippen LogP contribution is 2.21. The molecule has 0 bridgehead atoms. The van der Waals surface area contributed by atoms with Gasteiger partial charge in [0, 0.05) is 19.1 Å². The van der Waals surface area contributed by atoms with Gasteiger partial charge in [0.25, 0.3) is 0 Å². The van der Waals surface area contributed by atoms with Gasteiger partial charge in [-0.05, 0) is 43.5 Å². The summed E-state index contributed by atoms with van der Waals surface area (Å²) in [5, 5.41) is 2.73. The minimum Gasteiger partial charge on any atom is -0.353 e. The van der Waals surface area contributed by atoms with E-state index in [0.29, 0.717) is 19.6 Å². The van der Waals surface area contributed by atoms with Crippen LogP contribution in [0, 0.1) is 5.82 Å². The van der Waals surface area contributed by atoms with Crippen LogP contribution in [-0.4, -0.2) is 60.4 Å². The molecule has 1 aromatic carbocycles. The molecule has 2 amide bonds. The predicted molar refractivity (Wildman–Crippen MR) is 84.3 cm³/mol. The van der Waals surface area contributed by atoms with E-state index in [9.17, 15) is 14.0 Å². The Morgan fingerprint density at radius 2 is 2.22 bits per heavy atom. The quantitative estimate of drug-likeness (QED) is 0.893. The highest BCUT2D eigenvalue weighted by Gasteiger charge is 2.29. The first kappa shape index (κ1) is 15.9. The standard InChI is InChI=1S/C17H22FN3O2/c18-14-4-1-3-13(9-14)10-15-5-2-7-20(15)12-17(23)21-8-6-19-16(22)11-21/h1,3-4,9,15H,2,5-8,10-12H2,(H,19,22)/t15-/m0/s1. The van der Waals surface area contributed by atoms with Gasteiger partial charge in [-0.1, -0.05) is 12.1 Å². The van der Waals surface area contributed by atoms with Gasteiger partial charge in [-0.25, -0.2) is 4.39 Å². The van der Waals surface area contributed by atoms with Crippen LogP contribution in [0.25, 0.3) is 0 Å². The second kappa shape index (κ2) is 7.08. The number of rotatable bonds is 4. The lowest BCUT2D eigenvalue weighted by molar-refractivity contribution is -0.139. The van der Waals surface area contributed by atoms with E-state index in [-0.39, 0.29) is 30.2 Å². The number of piperazine rings is 1. The molecule has 0 aromatic heterocycles. The summed E-state index contributed by atoms with van der Waals surface area (Å²) in [5.41, 5.74) is 0.965. The Bertz CT molecular complexity index is 593. The summed E-state index contributed by atoms with van der Waals surface area (Å²) in [7, 11) is 0. The lowest BCUT2D eigenvalue weighted by atomic mass is 10.0. The summed E-state index contributed by atoms with van der Waals surface area (Å²) in [6.07, 6.45) is 2.82. The number of amides is 2. The molecule has 1 atom stereocenters. The van der Waals surface area contributed by atoms with Crippen LogP contribution >= 0.6 is 0 Å². The first-order chi connectivity index (χ1) is 11.1. The molecule has 124 valence electrons. The van der Waals surface area contributed by atoms with Crippen LogP contribution in [0.3, 0.4) is 0 Å². The van der Waals surface area contributed by atoms with E-state index in [2.05, 4.69) is 10.2 Å². The summed E-state index contributed by atoms with van der Waals surface area (Å²) in [4.78, 5) is 27.6. The normalized spacial score (nSPS) is 22.2. The van der Waals surface area contributed by atoms with E-state index in [1.807, 2.05) is 6.07 Å². The van der Waals surface area contributed by atoms with Crippen LogP contribution in [-0.2, 0) is 16.0 Å². The zero-order chi connectivity index (χ0) is 16.2. The summed E-state index contributed by atoms with van der Waals surface area (Å²) in [6, 6.07) is 6.92. The molecule has 2 aliphatic rings. The summed E-state index contributed by atoms with van der Waals surface area (Å²) < 4.78 is 13.3. The minimum atomic E-state index is -0.220. The number of carbonyl (C=O) groups excluding carboxylic acids is 2. The third-order valence-corrected chi connectivity index (χ3v) is 4.59. The molecule has 23 heavy (non-hydrogen) atoms. The number of likely N-dealkylation sites (tertiary alicyclic amines) is 1. The van der Waals surface area contributed by atoms with Crippen molar-refractivity contribution in [1.29, 1.82) is 0 Å². The van der Waals surface area contributed by atoms with Gasteiger partial charge >= 0.3 is 0 Å². The van der Waals surface area contributed by atoms with Gasteiger partial charge in [0.2, 0.25) is 11.8 Å². The van der Waals surface area contributed by atoms with Crippen molar-refractivity contribution in [2.45, 2.75) is 25.3 Å². The molecule has 2 aliphatic heterocycles.